The second-order valence-corrected chi connectivity index (χ2v) is 6.62. The van der Waals surface area contributed by atoms with Crippen LogP contribution >= 0.6 is 0 Å². The van der Waals surface area contributed by atoms with Gasteiger partial charge in [-0.3, -0.25) is 0 Å². The first-order valence-electron chi connectivity index (χ1n) is 10.3. The SMILES string of the molecule is CCCCCC=CCC=CCC=CCC=CCCCCNC(C)CO. The van der Waals surface area contributed by atoms with E-state index in [9.17, 15) is 0 Å². The topological polar surface area (TPSA) is 32.3 Å². The van der Waals surface area contributed by atoms with E-state index >= 15 is 0 Å². The lowest BCUT2D eigenvalue weighted by Gasteiger charge is -2.09. The minimum absolute atomic E-state index is 0.219. The van der Waals surface area contributed by atoms with Gasteiger partial charge in [-0.1, -0.05) is 68.4 Å². The van der Waals surface area contributed by atoms with Gasteiger partial charge in [0.2, 0.25) is 0 Å². The van der Waals surface area contributed by atoms with Gasteiger partial charge in [-0.15, -0.1) is 0 Å². The highest BCUT2D eigenvalue weighted by Gasteiger charge is 1.95. The van der Waals surface area contributed by atoms with Crippen LogP contribution in [0.5, 0.6) is 0 Å². The molecule has 0 amide bonds. The zero-order valence-electron chi connectivity index (χ0n) is 16.6. The van der Waals surface area contributed by atoms with Gasteiger partial charge in [-0.05, 0) is 64.8 Å². The van der Waals surface area contributed by atoms with Crippen LogP contribution in [0.3, 0.4) is 0 Å². The van der Waals surface area contributed by atoms with Crippen molar-refractivity contribution >= 4 is 0 Å². The lowest BCUT2D eigenvalue weighted by molar-refractivity contribution is 0.251. The van der Waals surface area contributed by atoms with Gasteiger partial charge in [0.1, 0.15) is 0 Å². The molecule has 0 fully saturated rings. The monoisotopic (exact) mass is 347 g/mol. The predicted molar refractivity (Wildman–Crippen MR) is 113 cm³/mol. The summed E-state index contributed by atoms with van der Waals surface area (Å²) < 4.78 is 0. The van der Waals surface area contributed by atoms with Crippen LogP contribution in [0, 0.1) is 0 Å². The molecule has 0 aliphatic heterocycles. The van der Waals surface area contributed by atoms with Crippen molar-refractivity contribution in [2.75, 3.05) is 13.2 Å². The largest absolute Gasteiger partial charge is 0.395 e. The first-order valence-corrected chi connectivity index (χ1v) is 10.3. The molecule has 2 N–H and O–H groups in total. The van der Waals surface area contributed by atoms with E-state index < -0.39 is 0 Å². The molecular formula is C23H41NO. The molecular weight excluding hydrogens is 306 g/mol. The minimum atomic E-state index is 0.219. The summed E-state index contributed by atoms with van der Waals surface area (Å²) in [5, 5.41) is 12.2. The van der Waals surface area contributed by atoms with E-state index in [1.807, 2.05) is 6.92 Å². The number of allylic oxidation sites excluding steroid dienone is 8. The molecule has 0 spiro atoms. The Kier molecular flexibility index (Phi) is 20.0. The third-order valence-electron chi connectivity index (χ3n) is 4.02. The Hall–Kier alpha value is -1.12. The smallest absolute Gasteiger partial charge is 0.0581 e. The van der Waals surface area contributed by atoms with Gasteiger partial charge in [0.05, 0.1) is 6.61 Å². The zero-order chi connectivity index (χ0) is 18.4. The molecule has 144 valence electrons. The summed E-state index contributed by atoms with van der Waals surface area (Å²) in [7, 11) is 0. The summed E-state index contributed by atoms with van der Waals surface area (Å²) in [4.78, 5) is 0. The lowest BCUT2D eigenvalue weighted by Crippen LogP contribution is -2.29. The highest BCUT2D eigenvalue weighted by molar-refractivity contribution is 4.99. The Morgan fingerprint density at radius 1 is 0.720 bits per heavy atom. The van der Waals surface area contributed by atoms with E-state index in [4.69, 9.17) is 5.11 Å². The highest BCUT2D eigenvalue weighted by Crippen LogP contribution is 2.01. The molecule has 0 aromatic heterocycles. The average Bonchev–Trinajstić information content (AvgIpc) is 2.63. The van der Waals surface area contributed by atoms with Crippen LogP contribution in [0.25, 0.3) is 0 Å². The molecule has 0 aliphatic carbocycles. The molecule has 0 saturated heterocycles. The van der Waals surface area contributed by atoms with Gasteiger partial charge in [0, 0.05) is 6.04 Å². The van der Waals surface area contributed by atoms with Crippen molar-refractivity contribution in [2.24, 2.45) is 0 Å². The van der Waals surface area contributed by atoms with Crippen LogP contribution in [0.15, 0.2) is 48.6 Å². The lowest BCUT2D eigenvalue weighted by atomic mass is 10.2. The Morgan fingerprint density at radius 3 is 1.68 bits per heavy atom. The van der Waals surface area contributed by atoms with E-state index in [2.05, 4.69) is 60.8 Å². The fourth-order valence-electron chi connectivity index (χ4n) is 2.36. The molecule has 0 saturated carbocycles. The Bertz CT molecular complexity index is 368. The van der Waals surface area contributed by atoms with E-state index in [1.165, 1.54) is 38.5 Å². The number of hydrogen-bond acceptors (Lipinski definition) is 2. The second-order valence-electron chi connectivity index (χ2n) is 6.62. The minimum Gasteiger partial charge on any atom is -0.395 e. The van der Waals surface area contributed by atoms with Crippen LogP contribution in [-0.2, 0) is 0 Å². The molecule has 0 aromatic carbocycles. The van der Waals surface area contributed by atoms with Crippen LogP contribution in [0.4, 0.5) is 0 Å². The molecule has 2 heteroatoms. The first-order chi connectivity index (χ1) is 12.3. The summed E-state index contributed by atoms with van der Waals surface area (Å²) >= 11 is 0. The molecule has 1 atom stereocenters. The van der Waals surface area contributed by atoms with E-state index in [0.29, 0.717) is 0 Å². The van der Waals surface area contributed by atoms with E-state index in [1.54, 1.807) is 0 Å². The van der Waals surface area contributed by atoms with E-state index in [0.717, 1.165) is 32.2 Å². The zero-order valence-corrected chi connectivity index (χ0v) is 16.6. The number of nitrogens with one attached hydrogen (secondary N) is 1. The third kappa shape index (κ3) is 20.8. The van der Waals surface area contributed by atoms with Crippen molar-refractivity contribution in [1.29, 1.82) is 0 Å². The number of rotatable bonds is 17. The van der Waals surface area contributed by atoms with Crippen molar-refractivity contribution in [3.63, 3.8) is 0 Å². The summed E-state index contributed by atoms with van der Waals surface area (Å²) in [5.74, 6) is 0. The molecule has 0 heterocycles. The molecule has 2 nitrogen and oxygen atoms in total. The molecule has 0 rings (SSSR count). The van der Waals surface area contributed by atoms with Gasteiger partial charge in [0.25, 0.3) is 0 Å². The second kappa shape index (κ2) is 20.9. The van der Waals surface area contributed by atoms with Gasteiger partial charge in [-0.2, -0.15) is 0 Å². The van der Waals surface area contributed by atoms with Crippen LogP contribution in [-0.4, -0.2) is 24.3 Å². The molecule has 0 radical (unpaired) electrons. The van der Waals surface area contributed by atoms with Crippen molar-refractivity contribution < 1.29 is 5.11 Å². The maximum atomic E-state index is 8.90. The normalized spacial score (nSPS) is 13.9. The predicted octanol–water partition coefficient (Wildman–Crippen LogP) is 6.10. The van der Waals surface area contributed by atoms with Crippen molar-refractivity contribution in [2.45, 2.75) is 84.1 Å². The average molecular weight is 348 g/mol. The number of aliphatic hydroxyl groups excluding tert-OH is 1. The number of aliphatic hydroxyl groups is 1. The molecule has 0 aromatic rings. The van der Waals surface area contributed by atoms with Crippen molar-refractivity contribution in [3.05, 3.63) is 48.6 Å². The highest BCUT2D eigenvalue weighted by atomic mass is 16.3. The third-order valence-corrected chi connectivity index (χ3v) is 4.02. The standard InChI is InChI=1S/C23H41NO/c1-3-4-5-6-7-8-9-10-11-12-13-14-15-16-17-18-19-20-21-24-23(2)22-25/h7-8,10-11,13-14,16-17,23-25H,3-6,9,12,15,18-22H2,1-2H3. The van der Waals surface area contributed by atoms with Gasteiger partial charge in [-0.25, -0.2) is 0 Å². The van der Waals surface area contributed by atoms with Gasteiger partial charge in [0.15, 0.2) is 0 Å². The summed E-state index contributed by atoms with van der Waals surface area (Å²) in [6.45, 7) is 5.47. The summed E-state index contributed by atoms with van der Waals surface area (Å²) in [5.41, 5.74) is 0. The van der Waals surface area contributed by atoms with Crippen molar-refractivity contribution in [1.82, 2.24) is 5.32 Å². The number of unbranched alkanes of at least 4 members (excludes halogenated alkanes) is 5. The van der Waals surface area contributed by atoms with Gasteiger partial charge < -0.3 is 10.4 Å². The van der Waals surface area contributed by atoms with Crippen molar-refractivity contribution in [3.8, 4) is 0 Å². The number of hydrogen-bond donors (Lipinski definition) is 2. The van der Waals surface area contributed by atoms with Gasteiger partial charge >= 0.3 is 0 Å². The first kappa shape index (κ1) is 23.9. The van der Waals surface area contributed by atoms with Crippen LogP contribution in [0.2, 0.25) is 0 Å². The fraction of sp³-hybridized carbons (Fsp3) is 0.652. The Balaban J connectivity index is 3.37. The quantitative estimate of drug-likeness (QED) is 0.246. The van der Waals surface area contributed by atoms with Crippen LogP contribution in [0.1, 0.15) is 78.1 Å². The maximum absolute atomic E-state index is 8.90. The Labute approximate surface area is 156 Å². The fourth-order valence-corrected chi connectivity index (χ4v) is 2.36. The molecule has 25 heavy (non-hydrogen) atoms. The summed E-state index contributed by atoms with van der Waals surface area (Å²) in [6.07, 6.45) is 30.0. The maximum Gasteiger partial charge on any atom is 0.0581 e. The molecule has 0 bridgehead atoms. The summed E-state index contributed by atoms with van der Waals surface area (Å²) in [6, 6.07) is 0.219. The molecule has 0 aliphatic rings. The van der Waals surface area contributed by atoms with E-state index in [-0.39, 0.29) is 12.6 Å². The van der Waals surface area contributed by atoms with Crippen LogP contribution < -0.4 is 5.32 Å². The molecule has 1 unspecified atom stereocenters. The Morgan fingerprint density at radius 2 is 1.20 bits per heavy atom.